The Morgan fingerprint density at radius 1 is 1.11 bits per heavy atom. The van der Waals surface area contributed by atoms with Gasteiger partial charge in [0.1, 0.15) is 5.82 Å². The summed E-state index contributed by atoms with van der Waals surface area (Å²) < 4.78 is 1.95. The smallest absolute Gasteiger partial charge is 0.220 e. The molecule has 27 heavy (non-hydrogen) atoms. The number of pyridine rings is 2. The number of nitrogens with zero attached hydrogens (tertiary/aromatic N) is 4. The number of rotatable bonds is 6. The predicted molar refractivity (Wildman–Crippen MR) is 104 cm³/mol. The number of anilines is 1. The molecule has 1 aliphatic heterocycles. The van der Waals surface area contributed by atoms with Crippen molar-refractivity contribution in [2.45, 2.75) is 25.9 Å². The van der Waals surface area contributed by atoms with Gasteiger partial charge in [-0.1, -0.05) is 12.1 Å². The number of aromatic nitrogens is 3. The van der Waals surface area contributed by atoms with Crippen LogP contribution in [0.15, 0.2) is 48.8 Å². The van der Waals surface area contributed by atoms with Crippen LogP contribution in [-0.2, 0) is 17.9 Å². The molecule has 0 aliphatic carbocycles. The van der Waals surface area contributed by atoms with Crippen molar-refractivity contribution in [3.05, 3.63) is 60.0 Å². The van der Waals surface area contributed by atoms with Crippen LogP contribution in [0.25, 0.3) is 5.52 Å². The molecule has 1 aliphatic rings. The van der Waals surface area contributed by atoms with Crippen LogP contribution in [0.4, 0.5) is 5.82 Å². The Morgan fingerprint density at radius 2 is 1.96 bits per heavy atom. The van der Waals surface area contributed by atoms with Crippen LogP contribution >= 0.6 is 0 Å². The molecule has 0 unspecified atom stereocenters. The SMILES string of the molecule is NC(=O)C1CCN(c2ncccc2CNCc2cccc3ccnn23)CC1. The van der Waals surface area contributed by atoms with Gasteiger partial charge in [0.2, 0.25) is 5.91 Å². The maximum absolute atomic E-state index is 11.4. The number of hydrogen-bond acceptors (Lipinski definition) is 5. The normalized spacial score (nSPS) is 15.3. The summed E-state index contributed by atoms with van der Waals surface area (Å²) in [5.74, 6) is 0.789. The Kier molecular flexibility index (Phi) is 5.02. The molecule has 7 heteroatoms. The second-order valence-electron chi connectivity index (χ2n) is 6.94. The number of hydrogen-bond donors (Lipinski definition) is 2. The average Bonchev–Trinajstić information content (AvgIpc) is 3.18. The Hall–Kier alpha value is -2.93. The van der Waals surface area contributed by atoms with Crippen LogP contribution in [-0.4, -0.2) is 33.6 Å². The molecule has 140 valence electrons. The van der Waals surface area contributed by atoms with E-state index in [0.29, 0.717) is 0 Å². The lowest BCUT2D eigenvalue weighted by molar-refractivity contribution is -0.122. The van der Waals surface area contributed by atoms with Gasteiger partial charge in [0, 0.05) is 50.1 Å². The van der Waals surface area contributed by atoms with Crippen LogP contribution in [0, 0.1) is 5.92 Å². The van der Waals surface area contributed by atoms with E-state index in [1.165, 1.54) is 0 Å². The highest BCUT2D eigenvalue weighted by molar-refractivity contribution is 5.77. The number of amides is 1. The third-order valence-corrected chi connectivity index (χ3v) is 5.19. The molecule has 0 aromatic carbocycles. The zero-order chi connectivity index (χ0) is 18.6. The van der Waals surface area contributed by atoms with E-state index < -0.39 is 0 Å². The Labute approximate surface area is 158 Å². The van der Waals surface area contributed by atoms with Crippen molar-refractivity contribution in [2.24, 2.45) is 11.7 Å². The summed E-state index contributed by atoms with van der Waals surface area (Å²) in [6, 6.07) is 12.2. The van der Waals surface area contributed by atoms with Gasteiger partial charge in [-0.15, -0.1) is 0 Å². The minimum atomic E-state index is -0.189. The zero-order valence-corrected chi connectivity index (χ0v) is 15.2. The van der Waals surface area contributed by atoms with Crippen LogP contribution in [0.2, 0.25) is 0 Å². The standard InChI is InChI=1S/C20H24N6O/c21-19(27)15-7-11-25(12-8-15)20-16(3-2-9-23-20)13-22-14-18-5-1-4-17-6-10-24-26(17)18/h1-6,9-10,15,22H,7-8,11-14H2,(H2,21,27). The van der Waals surface area contributed by atoms with E-state index in [2.05, 4.69) is 32.4 Å². The van der Waals surface area contributed by atoms with E-state index in [1.54, 1.807) is 0 Å². The summed E-state index contributed by atoms with van der Waals surface area (Å²) in [4.78, 5) is 18.2. The van der Waals surface area contributed by atoms with E-state index in [4.69, 9.17) is 5.73 Å². The Bertz CT molecular complexity index is 929. The number of nitrogens with two attached hydrogens (primary N) is 1. The first-order valence-electron chi connectivity index (χ1n) is 9.33. The minimum absolute atomic E-state index is 0.0129. The van der Waals surface area contributed by atoms with Gasteiger partial charge >= 0.3 is 0 Å². The van der Waals surface area contributed by atoms with Crippen molar-refractivity contribution in [1.82, 2.24) is 19.9 Å². The highest BCUT2D eigenvalue weighted by Gasteiger charge is 2.24. The maximum atomic E-state index is 11.4. The van der Waals surface area contributed by atoms with Crippen LogP contribution in [0.5, 0.6) is 0 Å². The summed E-state index contributed by atoms with van der Waals surface area (Å²) in [6.45, 7) is 3.06. The Morgan fingerprint density at radius 3 is 2.78 bits per heavy atom. The highest BCUT2D eigenvalue weighted by Crippen LogP contribution is 2.24. The first-order chi connectivity index (χ1) is 13.2. The number of nitrogens with one attached hydrogen (secondary N) is 1. The summed E-state index contributed by atoms with van der Waals surface area (Å²) in [5.41, 5.74) is 8.81. The number of primary amides is 1. The summed E-state index contributed by atoms with van der Waals surface area (Å²) in [7, 11) is 0. The molecule has 0 bridgehead atoms. The molecule has 4 rings (SSSR count). The lowest BCUT2D eigenvalue weighted by Crippen LogP contribution is -2.39. The average molecular weight is 364 g/mol. The fourth-order valence-electron chi connectivity index (χ4n) is 3.70. The molecule has 4 heterocycles. The topological polar surface area (TPSA) is 88.5 Å². The molecule has 7 nitrogen and oxygen atoms in total. The molecule has 0 saturated carbocycles. The first kappa shape index (κ1) is 17.5. The molecule has 0 atom stereocenters. The molecule has 1 saturated heterocycles. The van der Waals surface area contributed by atoms with Gasteiger partial charge in [0.25, 0.3) is 0 Å². The van der Waals surface area contributed by atoms with Crippen molar-refractivity contribution in [1.29, 1.82) is 0 Å². The largest absolute Gasteiger partial charge is 0.369 e. The van der Waals surface area contributed by atoms with Gasteiger partial charge in [-0.3, -0.25) is 4.79 Å². The molecular formula is C20H24N6O. The number of carbonyl (C=O) groups is 1. The fourth-order valence-corrected chi connectivity index (χ4v) is 3.70. The molecule has 3 aromatic rings. The monoisotopic (exact) mass is 364 g/mol. The quantitative estimate of drug-likeness (QED) is 0.695. The van der Waals surface area contributed by atoms with E-state index in [-0.39, 0.29) is 11.8 Å². The number of fused-ring (bicyclic) bond motifs is 1. The van der Waals surface area contributed by atoms with Gasteiger partial charge in [-0.25, -0.2) is 9.50 Å². The lowest BCUT2D eigenvalue weighted by Gasteiger charge is -2.32. The second kappa shape index (κ2) is 7.75. The molecule has 3 N–H and O–H groups in total. The molecule has 3 aromatic heterocycles. The fraction of sp³-hybridized carbons (Fsp3) is 0.350. The minimum Gasteiger partial charge on any atom is -0.369 e. The summed E-state index contributed by atoms with van der Waals surface area (Å²) >= 11 is 0. The third kappa shape index (κ3) is 3.78. The molecule has 1 fully saturated rings. The summed E-state index contributed by atoms with van der Waals surface area (Å²) in [6.07, 6.45) is 5.22. The first-order valence-corrected chi connectivity index (χ1v) is 9.33. The predicted octanol–water partition coefficient (Wildman–Crippen LogP) is 1.72. The lowest BCUT2D eigenvalue weighted by atomic mass is 9.96. The van der Waals surface area contributed by atoms with E-state index in [1.807, 2.05) is 41.2 Å². The molecule has 0 spiro atoms. The van der Waals surface area contributed by atoms with Crippen LogP contribution in [0.3, 0.4) is 0 Å². The summed E-state index contributed by atoms with van der Waals surface area (Å²) in [5, 5.41) is 7.88. The van der Waals surface area contributed by atoms with Crippen molar-refractivity contribution in [2.75, 3.05) is 18.0 Å². The van der Waals surface area contributed by atoms with Gasteiger partial charge in [0.15, 0.2) is 0 Å². The molecular weight excluding hydrogens is 340 g/mol. The second-order valence-corrected chi connectivity index (χ2v) is 6.94. The van der Waals surface area contributed by atoms with Crippen molar-refractivity contribution >= 4 is 17.2 Å². The number of carbonyl (C=O) groups excluding carboxylic acids is 1. The van der Waals surface area contributed by atoms with E-state index in [0.717, 1.165) is 61.6 Å². The van der Waals surface area contributed by atoms with Crippen LogP contribution < -0.4 is 16.0 Å². The van der Waals surface area contributed by atoms with Crippen LogP contribution in [0.1, 0.15) is 24.1 Å². The van der Waals surface area contributed by atoms with Crippen molar-refractivity contribution in [3.8, 4) is 0 Å². The maximum Gasteiger partial charge on any atom is 0.220 e. The van der Waals surface area contributed by atoms with Gasteiger partial charge in [-0.2, -0.15) is 5.10 Å². The zero-order valence-electron chi connectivity index (χ0n) is 15.2. The van der Waals surface area contributed by atoms with E-state index in [9.17, 15) is 4.79 Å². The number of piperidine rings is 1. The molecule has 0 radical (unpaired) electrons. The molecule has 1 amide bonds. The van der Waals surface area contributed by atoms with Gasteiger partial charge in [0.05, 0.1) is 11.2 Å². The van der Waals surface area contributed by atoms with Crippen molar-refractivity contribution in [3.63, 3.8) is 0 Å². The van der Waals surface area contributed by atoms with Crippen molar-refractivity contribution < 1.29 is 4.79 Å². The van der Waals surface area contributed by atoms with E-state index >= 15 is 0 Å². The highest BCUT2D eigenvalue weighted by atomic mass is 16.1. The van der Waals surface area contributed by atoms with Gasteiger partial charge < -0.3 is 16.0 Å². The Balaban J connectivity index is 1.41. The van der Waals surface area contributed by atoms with Gasteiger partial charge in [-0.05, 0) is 37.1 Å². The third-order valence-electron chi connectivity index (χ3n) is 5.19.